The molecular formula is C23H22F2N2O3S2. The molecule has 1 atom stereocenters. The molecule has 0 aliphatic rings. The van der Waals surface area contributed by atoms with Gasteiger partial charge in [-0.15, -0.1) is 11.8 Å². The summed E-state index contributed by atoms with van der Waals surface area (Å²) in [6.07, 6.45) is 0.900. The molecule has 5 nitrogen and oxygen atoms in total. The van der Waals surface area contributed by atoms with E-state index in [4.69, 9.17) is 0 Å². The average Bonchev–Trinajstić information content (AvgIpc) is 2.75. The van der Waals surface area contributed by atoms with Crippen LogP contribution in [0, 0.1) is 11.6 Å². The maximum absolute atomic E-state index is 13.6. The predicted octanol–water partition coefficient (Wildman–Crippen LogP) is 5.05. The van der Waals surface area contributed by atoms with Crippen LogP contribution in [0.25, 0.3) is 0 Å². The Morgan fingerprint density at radius 2 is 1.66 bits per heavy atom. The second kappa shape index (κ2) is 10.1. The highest BCUT2D eigenvalue weighted by atomic mass is 32.2. The van der Waals surface area contributed by atoms with Crippen LogP contribution in [-0.4, -0.2) is 26.6 Å². The number of hydrogen-bond donors (Lipinski definition) is 1. The van der Waals surface area contributed by atoms with Crippen LogP contribution in [-0.2, 0) is 20.6 Å². The Morgan fingerprint density at radius 3 is 2.25 bits per heavy atom. The van der Waals surface area contributed by atoms with Crippen molar-refractivity contribution >= 4 is 39.1 Å². The van der Waals surface area contributed by atoms with Gasteiger partial charge >= 0.3 is 0 Å². The Hall–Kier alpha value is -2.91. The van der Waals surface area contributed by atoms with E-state index in [-0.39, 0.29) is 5.69 Å². The number of nitrogens with zero attached hydrogens (tertiary/aromatic N) is 1. The summed E-state index contributed by atoms with van der Waals surface area (Å²) in [6, 6.07) is 18.7. The lowest BCUT2D eigenvalue weighted by molar-refractivity contribution is -0.116. The van der Waals surface area contributed by atoms with Crippen LogP contribution in [0.2, 0.25) is 0 Å². The van der Waals surface area contributed by atoms with Gasteiger partial charge in [-0.05, 0) is 48.9 Å². The van der Waals surface area contributed by atoms with Crippen molar-refractivity contribution in [1.29, 1.82) is 0 Å². The zero-order valence-corrected chi connectivity index (χ0v) is 19.1. The molecule has 0 unspecified atom stereocenters. The minimum Gasteiger partial charge on any atom is -0.324 e. The third-order valence-electron chi connectivity index (χ3n) is 4.62. The first-order valence-corrected chi connectivity index (χ1v) is 12.5. The number of rotatable bonds is 8. The van der Waals surface area contributed by atoms with Crippen LogP contribution < -0.4 is 9.62 Å². The molecule has 0 aliphatic heterocycles. The number of anilines is 2. The number of hydrogen-bond acceptors (Lipinski definition) is 4. The predicted molar refractivity (Wildman–Crippen MR) is 124 cm³/mol. The summed E-state index contributed by atoms with van der Waals surface area (Å²) in [5, 5.41) is 2.67. The lowest BCUT2D eigenvalue weighted by Gasteiger charge is -2.28. The monoisotopic (exact) mass is 476 g/mol. The molecule has 0 radical (unpaired) electrons. The fourth-order valence-corrected chi connectivity index (χ4v) is 5.09. The van der Waals surface area contributed by atoms with Crippen molar-refractivity contribution in [3.63, 3.8) is 0 Å². The van der Waals surface area contributed by atoms with Gasteiger partial charge in [0.25, 0.3) is 0 Å². The third kappa shape index (κ3) is 6.08. The Morgan fingerprint density at radius 1 is 1.00 bits per heavy atom. The number of halogens is 2. The quantitative estimate of drug-likeness (QED) is 0.462. The summed E-state index contributed by atoms with van der Waals surface area (Å²) >= 11 is 1.69. The van der Waals surface area contributed by atoms with Gasteiger partial charge in [0.15, 0.2) is 11.6 Å². The first-order valence-electron chi connectivity index (χ1n) is 9.67. The Labute approximate surface area is 190 Å². The fraction of sp³-hybridized carbons (Fsp3) is 0.174. The lowest BCUT2D eigenvalue weighted by atomic mass is 10.2. The van der Waals surface area contributed by atoms with Gasteiger partial charge in [-0.25, -0.2) is 17.2 Å². The van der Waals surface area contributed by atoms with E-state index in [1.807, 2.05) is 42.5 Å². The number of carbonyl (C=O) groups excluding carboxylic acids is 1. The van der Waals surface area contributed by atoms with E-state index < -0.39 is 33.6 Å². The zero-order chi connectivity index (χ0) is 23.3. The van der Waals surface area contributed by atoms with Crippen LogP contribution in [0.1, 0.15) is 12.5 Å². The minimum atomic E-state index is -3.94. The lowest BCUT2D eigenvalue weighted by Crippen LogP contribution is -2.45. The van der Waals surface area contributed by atoms with Crippen molar-refractivity contribution in [1.82, 2.24) is 0 Å². The number of nitrogens with one attached hydrogen (secondary N) is 1. The van der Waals surface area contributed by atoms with Crippen LogP contribution in [0.15, 0.2) is 77.7 Å². The van der Waals surface area contributed by atoms with Gasteiger partial charge in [-0.3, -0.25) is 9.10 Å². The van der Waals surface area contributed by atoms with Crippen molar-refractivity contribution in [3.05, 3.63) is 90.0 Å². The molecule has 3 aromatic rings. The van der Waals surface area contributed by atoms with Gasteiger partial charge in [0.1, 0.15) is 6.04 Å². The van der Waals surface area contributed by atoms with Crippen LogP contribution in [0.3, 0.4) is 0 Å². The molecule has 0 aliphatic carbocycles. The summed E-state index contributed by atoms with van der Waals surface area (Å²) in [4.78, 5) is 13.9. The maximum atomic E-state index is 13.6. The van der Waals surface area contributed by atoms with Gasteiger partial charge in [0.05, 0.1) is 11.9 Å². The Balaban J connectivity index is 1.69. The molecule has 3 aromatic carbocycles. The first kappa shape index (κ1) is 23.7. The standard InChI is InChI=1S/C23H22F2N2O3S2/c1-16(27(32(2,29)30)19-12-13-21(24)22(25)14-19)23(28)26-18-10-8-17(9-11-18)15-31-20-6-4-3-5-7-20/h3-14,16H,15H2,1-2H3,(H,26,28)/t16-/m1/s1. The molecule has 0 aromatic heterocycles. The van der Waals surface area contributed by atoms with Crippen molar-refractivity contribution < 1.29 is 22.0 Å². The van der Waals surface area contributed by atoms with E-state index in [1.165, 1.54) is 6.92 Å². The number of benzene rings is 3. The van der Waals surface area contributed by atoms with Crippen molar-refractivity contribution in [2.75, 3.05) is 15.9 Å². The Kier molecular flexibility index (Phi) is 7.52. The highest BCUT2D eigenvalue weighted by Crippen LogP contribution is 2.25. The molecule has 32 heavy (non-hydrogen) atoms. The summed E-state index contributed by atoms with van der Waals surface area (Å²) < 4.78 is 52.2. The highest BCUT2D eigenvalue weighted by molar-refractivity contribution is 7.98. The largest absolute Gasteiger partial charge is 0.324 e. The number of thioether (sulfide) groups is 1. The summed E-state index contributed by atoms with van der Waals surface area (Å²) in [5.41, 5.74) is 1.42. The summed E-state index contributed by atoms with van der Waals surface area (Å²) in [6.45, 7) is 1.38. The van der Waals surface area contributed by atoms with E-state index in [0.29, 0.717) is 5.69 Å². The molecule has 9 heteroatoms. The molecule has 0 saturated carbocycles. The van der Waals surface area contributed by atoms with Crippen molar-refractivity contribution in [2.24, 2.45) is 0 Å². The van der Waals surface area contributed by atoms with Crippen LogP contribution >= 0.6 is 11.8 Å². The number of amides is 1. The molecule has 0 spiro atoms. The molecule has 168 valence electrons. The van der Waals surface area contributed by atoms with Gasteiger partial charge in [0, 0.05) is 22.4 Å². The second-order valence-electron chi connectivity index (χ2n) is 7.12. The van der Waals surface area contributed by atoms with E-state index >= 15 is 0 Å². The molecule has 0 saturated heterocycles. The van der Waals surface area contributed by atoms with Gasteiger partial charge in [-0.1, -0.05) is 30.3 Å². The van der Waals surface area contributed by atoms with Crippen molar-refractivity contribution in [3.8, 4) is 0 Å². The second-order valence-corrected chi connectivity index (χ2v) is 10.0. The van der Waals surface area contributed by atoms with E-state index in [2.05, 4.69) is 5.32 Å². The first-order chi connectivity index (χ1) is 15.1. The zero-order valence-electron chi connectivity index (χ0n) is 17.5. The molecule has 3 rings (SSSR count). The van der Waals surface area contributed by atoms with E-state index in [9.17, 15) is 22.0 Å². The van der Waals surface area contributed by atoms with Gasteiger partial charge in [-0.2, -0.15) is 0 Å². The molecule has 1 amide bonds. The highest BCUT2D eigenvalue weighted by Gasteiger charge is 2.29. The number of carbonyl (C=O) groups is 1. The molecule has 0 bridgehead atoms. The molecule has 0 heterocycles. The van der Waals surface area contributed by atoms with E-state index in [0.717, 1.165) is 45.0 Å². The van der Waals surface area contributed by atoms with Crippen molar-refractivity contribution in [2.45, 2.75) is 23.6 Å². The maximum Gasteiger partial charge on any atom is 0.247 e. The van der Waals surface area contributed by atoms with Gasteiger partial charge in [0.2, 0.25) is 15.9 Å². The average molecular weight is 477 g/mol. The van der Waals surface area contributed by atoms with E-state index in [1.54, 1.807) is 23.9 Å². The smallest absolute Gasteiger partial charge is 0.247 e. The normalized spacial score (nSPS) is 12.2. The molecule has 1 N–H and O–H groups in total. The Bertz CT molecular complexity index is 1190. The molecule has 0 fully saturated rings. The third-order valence-corrected chi connectivity index (χ3v) is 6.94. The molecular weight excluding hydrogens is 454 g/mol. The minimum absolute atomic E-state index is 0.137. The summed E-state index contributed by atoms with van der Waals surface area (Å²) in [7, 11) is -3.94. The van der Waals surface area contributed by atoms with Crippen LogP contribution in [0.4, 0.5) is 20.2 Å². The van der Waals surface area contributed by atoms with Gasteiger partial charge < -0.3 is 5.32 Å². The van der Waals surface area contributed by atoms with Crippen LogP contribution in [0.5, 0.6) is 0 Å². The summed E-state index contributed by atoms with van der Waals surface area (Å²) in [5.74, 6) is -2.16. The fourth-order valence-electron chi connectivity index (χ4n) is 3.05. The number of sulfonamides is 1. The SMILES string of the molecule is C[C@H](C(=O)Nc1ccc(CSc2ccccc2)cc1)N(c1ccc(F)c(F)c1)S(C)(=O)=O. The topological polar surface area (TPSA) is 66.5 Å².